The van der Waals surface area contributed by atoms with E-state index in [9.17, 15) is 4.39 Å². The van der Waals surface area contributed by atoms with Crippen molar-refractivity contribution < 1.29 is 4.39 Å². The summed E-state index contributed by atoms with van der Waals surface area (Å²) in [6.45, 7) is 2.81. The van der Waals surface area contributed by atoms with Crippen LogP contribution in [-0.2, 0) is 6.54 Å². The van der Waals surface area contributed by atoms with Crippen LogP contribution >= 0.6 is 11.3 Å². The predicted molar refractivity (Wildman–Crippen MR) is 67.2 cm³/mol. The Hall–Kier alpha value is -1.19. The summed E-state index contributed by atoms with van der Waals surface area (Å²) < 4.78 is 13.3. The molecule has 0 atom stereocenters. The zero-order valence-corrected chi connectivity index (χ0v) is 10.2. The number of hydrogen-bond acceptors (Lipinski definition) is 2. The standard InChI is InChI=1S/C13H14FNS/c1-9-5-6-16-13(9)12-7-11(14)4-3-10(12)8-15-2/h3-7,15H,8H2,1-2H3. The molecule has 0 bridgehead atoms. The summed E-state index contributed by atoms with van der Waals surface area (Å²) in [5, 5.41) is 5.15. The van der Waals surface area contributed by atoms with Gasteiger partial charge in [-0.05, 0) is 54.2 Å². The monoisotopic (exact) mass is 235 g/mol. The molecular formula is C13H14FNS. The van der Waals surface area contributed by atoms with Crippen molar-refractivity contribution in [3.05, 3.63) is 46.6 Å². The Morgan fingerprint density at radius 3 is 2.75 bits per heavy atom. The van der Waals surface area contributed by atoms with Crippen molar-refractivity contribution in [2.24, 2.45) is 0 Å². The van der Waals surface area contributed by atoms with Crippen molar-refractivity contribution in [2.75, 3.05) is 7.05 Å². The summed E-state index contributed by atoms with van der Waals surface area (Å²) in [5.41, 5.74) is 3.34. The molecule has 0 saturated carbocycles. The molecule has 1 N–H and O–H groups in total. The average Bonchev–Trinajstić information content (AvgIpc) is 2.67. The summed E-state index contributed by atoms with van der Waals surface area (Å²) in [7, 11) is 1.90. The third-order valence-corrected chi connectivity index (χ3v) is 3.60. The quantitative estimate of drug-likeness (QED) is 0.857. The molecule has 2 rings (SSSR count). The predicted octanol–water partition coefficient (Wildman–Crippen LogP) is 3.58. The topological polar surface area (TPSA) is 12.0 Å². The van der Waals surface area contributed by atoms with Gasteiger partial charge in [-0.25, -0.2) is 4.39 Å². The highest BCUT2D eigenvalue weighted by molar-refractivity contribution is 7.13. The van der Waals surface area contributed by atoms with Crippen LogP contribution in [0.3, 0.4) is 0 Å². The van der Waals surface area contributed by atoms with Gasteiger partial charge in [0.2, 0.25) is 0 Å². The van der Waals surface area contributed by atoms with Crippen molar-refractivity contribution in [1.29, 1.82) is 0 Å². The van der Waals surface area contributed by atoms with Gasteiger partial charge in [0, 0.05) is 11.4 Å². The summed E-state index contributed by atoms with van der Waals surface area (Å²) >= 11 is 1.66. The van der Waals surface area contributed by atoms with E-state index in [-0.39, 0.29) is 5.82 Å². The third kappa shape index (κ3) is 2.15. The molecule has 2 aromatic rings. The third-order valence-electron chi connectivity index (χ3n) is 2.55. The van der Waals surface area contributed by atoms with Crippen LogP contribution in [0.2, 0.25) is 0 Å². The van der Waals surface area contributed by atoms with E-state index in [1.165, 1.54) is 11.6 Å². The smallest absolute Gasteiger partial charge is 0.123 e. The molecule has 0 amide bonds. The van der Waals surface area contributed by atoms with Gasteiger partial charge in [0.15, 0.2) is 0 Å². The Morgan fingerprint density at radius 1 is 1.31 bits per heavy atom. The summed E-state index contributed by atoms with van der Waals surface area (Å²) in [5.74, 6) is -0.178. The summed E-state index contributed by atoms with van der Waals surface area (Å²) in [4.78, 5) is 1.16. The van der Waals surface area contributed by atoms with Gasteiger partial charge in [-0.3, -0.25) is 0 Å². The molecule has 0 saturated heterocycles. The maximum absolute atomic E-state index is 13.3. The van der Waals surface area contributed by atoms with Crippen LogP contribution in [0.1, 0.15) is 11.1 Å². The highest BCUT2D eigenvalue weighted by atomic mass is 32.1. The van der Waals surface area contributed by atoms with Gasteiger partial charge in [0.25, 0.3) is 0 Å². The lowest BCUT2D eigenvalue weighted by molar-refractivity contribution is 0.627. The normalized spacial score (nSPS) is 10.7. The number of hydrogen-bond donors (Lipinski definition) is 1. The number of benzene rings is 1. The molecule has 0 aliphatic carbocycles. The molecule has 0 radical (unpaired) electrons. The maximum Gasteiger partial charge on any atom is 0.123 e. The zero-order valence-electron chi connectivity index (χ0n) is 9.38. The zero-order chi connectivity index (χ0) is 11.5. The van der Waals surface area contributed by atoms with Gasteiger partial charge in [-0.1, -0.05) is 6.07 Å². The van der Waals surface area contributed by atoms with E-state index in [2.05, 4.69) is 18.3 Å². The second-order valence-corrected chi connectivity index (χ2v) is 4.68. The molecule has 0 spiro atoms. The van der Waals surface area contributed by atoms with E-state index in [1.54, 1.807) is 17.4 Å². The lowest BCUT2D eigenvalue weighted by Crippen LogP contribution is -2.06. The second kappa shape index (κ2) is 4.76. The molecule has 0 aliphatic rings. The average molecular weight is 235 g/mol. The lowest BCUT2D eigenvalue weighted by atomic mass is 10.0. The first-order valence-electron chi connectivity index (χ1n) is 5.20. The van der Waals surface area contributed by atoms with Gasteiger partial charge in [-0.2, -0.15) is 0 Å². The first-order chi connectivity index (χ1) is 7.72. The van der Waals surface area contributed by atoms with Crippen LogP contribution < -0.4 is 5.32 Å². The number of aryl methyl sites for hydroxylation is 1. The van der Waals surface area contributed by atoms with Crippen LogP contribution in [0.15, 0.2) is 29.6 Å². The Balaban J connectivity index is 2.53. The molecule has 3 heteroatoms. The molecule has 1 aromatic carbocycles. The van der Waals surface area contributed by atoms with E-state index in [0.717, 1.165) is 22.5 Å². The lowest BCUT2D eigenvalue weighted by Gasteiger charge is -2.08. The van der Waals surface area contributed by atoms with Crippen LogP contribution in [-0.4, -0.2) is 7.05 Å². The Bertz CT molecular complexity index is 490. The Morgan fingerprint density at radius 2 is 2.12 bits per heavy atom. The minimum absolute atomic E-state index is 0.178. The van der Waals surface area contributed by atoms with Crippen LogP contribution in [0.25, 0.3) is 10.4 Å². The fraction of sp³-hybridized carbons (Fsp3) is 0.231. The van der Waals surface area contributed by atoms with E-state index in [1.807, 2.05) is 18.5 Å². The Kier molecular flexibility index (Phi) is 3.36. The first-order valence-corrected chi connectivity index (χ1v) is 6.08. The number of halogens is 1. The van der Waals surface area contributed by atoms with Gasteiger partial charge in [0.05, 0.1) is 0 Å². The first kappa shape index (κ1) is 11.3. The van der Waals surface area contributed by atoms with Crippen molar-refractivity contribution in [3.63, 3.8) is 0 Å². The largest absolute Gasteiger partial charge is 0.316 e. The molecule has 84 valence electrons. The fourth-order valence-corrected chi connectivity index (χ4v) is 2.73. The van der Waals surface area contributed by atoms with Crippen LogP contribution in [0.5, 0.6) is 0 Å². The molecular weight excluding hydrogens is 221 g/mol. The van der Waals surface area contributed by atoms with Gasteiger partial charge in [-0.15, -0.1) is 11.3 Å². The molecule has 0 fully saturated rings. The minimum Gasteiger partial charge on any atom is -0.316 e. The number of nitrogens with one attached hydrogen (secondary N) is 1. The highest BCUT2D eigenvalue weighted by Crippen LogP contribution is 2.32. The molecule has 0 unspecified atom stereocenters. The minimum atomic E-state index is -0.178. The molecule has 1 nitrogen and oxygen atoms in total. The fourth-order valence-electron chi connectivity index (χ4n) is 1.75. The number of thiophene rings is 1. The number of rotatable bonds is 3. The van der Waals surface area contributed by atoms with Crippen LogP contribution in [0.4, 0.5) is 4.39 Å². The maximum atomic E-state index is 13.3. The highest BCUT2D eigenvalue weighted by Gasteiger charge is 2.09. The van der Waals surface area contributed by atoms with E-state index < -0.39 is 0 Å². The van der Waals surface area contributed by atoms with Gasteiger partial charge < -0.3 is 5.32 Å². The van der Waals surface area contributed by atoms with Crippen molar-refractivity contribution >= 4 is 11.3 Å². The van der Waals surface area contributed by atoms with Crippen molar-refractivity contribution in [3.8, 4) is 10.4 Å². The second-order valence-electron chi connectivity index (χ2n) is 3.76. The molecule has 1 aromatic heterocycles. The van der Waals surface area contributed by atoms with Gasteiger partial charge in [0.1, 0.15) is 5.82 Å². The van der Waals surface area contributed by atoms with Gasteiger partial charge >= 0.3 is 0 Å². The Labute approximate surface area is 98.9 Å². The summed E-state index contributed by atoms with van der Waals surface area (Å²) in [6.07, 6.45) is 0. The van der Waals surface area contributed by atoms with Crippen molar-refractivity contribution in [2.45, 2.75) is 13.5 Å². The molecule has 0 aliphatic heterocycles. The summed E-state index contributed by atoms with van der Waals surface area (Å²) in [6, 6.07) is 7.04. The van der Waals surface area contributed by atoms with E-state index in [4.69, 9.17) is 0 Å². The van der Waals surface area contributed by atoms with E-state index >= 15 is 0 Å². The van der Waals surface area contributed by atoms with E-state index in [0.29, 0.717) is 0 Å². The molecule has 16 heavy (non-hydrogen) atoms. The molecule has 1 heterocycles. The van der Waals surface area contributed by atoms with Crippen molar-refractivity contribution in [1.82, 2.24) is 5.32 Å². The SMILES string of the molecule is CNCc1ccc(F)cc1-c1sccc1C. The van der Waals surface area contributed by atoms with Crippen LogP contribution in [0, 0.1) is 12.7 Å².